The smallest absolute Gasteiger partial charge is 0.246 e. The average molecular weight is 354 g/mol. The summed E-state index contributed by atoms with van der Waals surface area (Å²) in [6, 6.07) is 7.33. The lowest BCUT2D eigenvalue weighted by molar-refractivity contribution is -0.146. The first-order valence-electron chi connectivity index (χ1n) is 9.27. The van der Waals surface area contributed by atoms with Crippen molar-refractivity contribution in [1.29, 1.82) is 0 Å². The number of amides is 2. The van der Waals surface area contributed by atoms with E-state index in [0.29, 0.717) is 13.0 Å². The molecule has 0 bridgehead atoms. The Kier molecular flexibility index (Phi) is 3.90. The van der Waals surface area contributed by atoms with Crippen LogP contribution in [0.3, 0.4) is 0 Å². The summed E-state index contributed by atoms with van der Waals surface area (Å²) < 4.78 is 0. The number of H-pyrrole nitrogens is 1. The number of carbonyl (C=O) groups excluding carboxylic acids is 2. The molecule has 0 saturated carbocycles. The Morgan fingerprint density at radius 3 is 2.85 bits per heavy atom. The second-order valence-electron chi connectivity index (χ2n) is 7.90. The number of para-hydroxylation sites is 1. The molecule has 2 atom stereocenters. The number of rotatable bonds is 4. The molecule has 136 valence electrons. The molecule has 0 aliphatic carbocycles. The Morgan fingerprint density at radius 1 is 1.31 bits per heavy atom. The molecular formula is C21H25N3O2. The maximum Gasteiger partial charge on any atom is 0.246 e. The predicted molar refractivity (Wildman–Crippen MR) is 102 cm³/mol. The van der Waals surface area contributed by atoms with E-state index in [4.69, 9.17) is 0 Å². The Balaban J connectivity index is 1.75. The number of carbonyl (C=O) groups is 2. The molecule has 26 heavy (non-hydrogen) atoms. The molecule has 4 rings (SSSR count). The highest BCUT2D eigenvalue weighted by Gasteiger charge is 2.43. The monoisotopic (exact) mass is 354 g/mol. The summed E-state index contributed by atoms with van der Waals surface area (Å²) in [5.74, 6) is 0.0243. The van der Waals surface area contributed by atoms with Crippen LogP contribution in [0, 0.1) is 0 Å². The van der Waals surface area contributed by atoms with Gasteiger partial charge in [-0.3, -0.25) is 9.59 Å². The lowest BCUT2D eigenvalue weighted by Gasteiger charge is -2.35. The van der Waals surface area contributed by atoms with Crippen molar-refractivity contribution in [2.45, 2.75) is 50.6 Å². The highest BCUT2D eigenvalue weighted by molar-refractivity contribution is 5.98. The summed E-state index contributed by atoms with van der Waals surface area (Å²) in [6.07, 6.45) is 4.08. The molecule has 3 heterocycles. The molecule has 2 amide bonds. The lowest BCUT2D eigenvalue weighted by atomic mass is 9.85. The van der Waals surface area contributed by atoms with Gasteiger partial charge < -0.3 is 15.2 Å². The normalized spacial score (nSPS) is 23.2. The van der Waals surface area contributed by atoms with Crippen LogP contribution in [0.4, 0.5) is 0 Å². The van der Waals surface area contributed by atoms with Crippen molar-refractivity contribution in [1.82, 2.24) is 15.2 Å². The van der Waals surface area contributed by atoms with Crippen LogP contribution in [0.25, 0.3) is 10.9 Å². The van der Waals surface area contributed by atoms with Crippen molar-refractivity contribution in [3.8, 4) is 0 Å². The SMILES string of the molecule is C=CC(C)(C)c1[nH]c2ccccc2c1C[C@@H]1N[13C](=O)[C@@H]2CCC[15N]2[13C]1=O. The van der Waals surface area contributed by atoms with Crippen molar-refractivity contribution in [3.63, 3.8) is 0 Å². The van der Waals surface area contributed by atoms with E-state index in [9.17, 15) is 9.59 Å². The Hall–Kier alpha value is -2.56. The standard InChI is InChI=1S/C21H25N3O2/c1-4-21(2,3)18-14(13-8-5-6-9-15(13)22-18)12-16-20(26)24-11-7-10-17(24)19(25)23-16/h4-6,8-9,16-17,22H,1,7,10-12H2,2-3H3,(H,23,25)/t16-,17-/m0/s1/i19+1,20+1,24+1. The van der Waals surface area contributed by atoms with Crippen LogP contribution in [-0.4, -0.2) is 40.3 Å². The van der Waals surface area contributed by atoms with E-state index in [1.165, 1.54) is 0 Å². The zero-order valence-corrected chi connectivity index (χ0v) is 15.3. The average Bonchev–Trinajstić information content (AvgIpc) is 3.25. The van der Waals surface area contributed by atoms with Crippen LogP contribution in [0.1, 0.15) is 37.9 Å². The van der Waals surface area contributed by atoms with E-state index in [-0.39, 0.29) is 23.3 Å². The molecule has 2 saturated heterocycles. The van der Waals surface area contributed by atoms with Gasteiger partial charge >= 0.3 is 0 Å². The fraction of sp³-hybridized carbons (Fsp3) is 0.429. The Bertz CT molecular complexity index is 896. The quantitative estimate of drug-likeness (QED) is 0.504. The number of benzene rings is 1. The van der Waals surface area contributed by atoms with E-state index < -0.39 is 6.04 Å². The number of piperazine rings is 1. The molecule has 2 aliphatic heterocycles. The van der Waals surface area contributed by atoms with Gasteiger partial charge in [0.1, 0.15) is 12.1 Å². The van der Waals surface area contributed by atoms with E-state index in [1.54, 1.807) is 4.90 Å². The van der Waals surface area contributed by atoms with Crippen molar-refractivity contribution in [2.24, 2.45) is 0 Å². The molecule has 0 spiro atoms. The second-order valence-corrected chi connectivity index (χ2v) is 7.90. The topological polar surface area (TPSA) is 65.2 Å². The van der Waals surface area contributed by atoms with Crippen molar-refractivity contribution in [3.05, 3.63) is 48.2 Å². The van der Waals surface area contributed by atoms with Crippen molar-refractivity contribution in [2.75, 3.05) is 6.54 Å². The van der Waals surface area contributed by atoms with Crippen LogP contribution in [-0.2, 0) is 21.4 Å². The minimum Gasteiger partial charge on any atom is -0.357 e. The van der Waals surface area contributed by atoms with Gasteiger partial charge in [-0.15, -0.1) is 6.58 Å². The van der Waals surface area contributed by atoms with E-state index in [0.717, 1.165) is 35.0 Å². The molecule has 2 fully saturated rings. The van der Waals surface area contributed by atoms with Gasteiger partial charge in [0.25, 0.3) is 0 Å². The Morgan fingerprint density at radius 2 is 2.08 bits per heavy atom. The van der Waals surface area contributed by atoms with Crippen molar-refractivity contribution >= 4 is 22.7 Å². The highest BCUT2D eigenvalue weighted by atomic mass is 16.3. The van der Waals surface area contributed by atoms with Gasteiger partial charge in [-0.05, 0) is 24.5 Å². The van der Waals surface area contributed by atoms with E-state index in [2.05, 4.69) is 36.8 Å². The highest BCUT2D eigenvalue weighted by Crippen LogP contribution is 2.34. The number of fused-ring (bicyclic) bond motifs is 2. The van der Waals surface area contributed by atoms with Gasteiger partial charge in [-0.25, -0.2) is 0 Å². The molecule has 1 aromatic carbocycles. The maximum absolute atomic E-state index is 12.9. The fourth-order valence-corrected chi connectivity index (χ4v) is 4.24. The van der Waals surface area contributed by atoms with Gasteiger partial charge in [0, 0.05) is 35.0 Å². The van der Waals surface area contributed by atoms with Gasteiger partial charge in [-0.1, -0.05) is 38.1 Å². The summed E-state index contributed by atoms with van der Waals surface area (Å²) in [5, 5.41) is 4.07. The zero-order valence-electron chi connectivity index (χ0n) is 15.3. The number of aromatic nitrogens is 1. The van der Waals surface area contributed by atoms with E-state index >= 15 is 0 Å². The molecule has 1 aromatic heterocycles. The summed E-state index contributed by atoms with van der Waals surface area (Å²) >= 11 is 0. The largest absolute Gasteiger partial charge is 0.357 e. The van der Waals surface area contributed by atoms with Crippen LogP contribution >= 0.6 is 0 Å². The molecule has 2 aromatic rings. The third kappa shape index (κ3) is 2.54. The zero-order chi connectivity index (χ0) is 18.5. The third-order valence-electron chi connectivity index (χ3n) is 5.83. The first-order chi connectivity index (χ1) is 12.4. The predicted octanol–water partition coefficient (Wildman–Crippen LogP) is 2.66. The van der Waals surface area contributed by atoms with Gasteiger partial charge in [-0.2, -0.15) is 0 Å². The fourth-order valence-electron chi connectivity index (χ4n) is 4.24. The third-order valence-corrected chi connectivity index (χ3v) is 5.83. The number of nitrogens with zero attached hydrogens (tertiary/aromatic N) is 1. The van der Waals surface area contributed by atoms with Crippen LogP contribution in [0.5, 0.6) is 0 Å². The minimum absolute atomic E-state index is 0.0172. The molecule has 2 N–H and O–H groups in total. The van der Waals surface area contributed by atoms with Crippen LogP contribution in [0.2, 0.25) is 0 Å². The summed E-state index contributed by atoms with van der Waals surface area (Å²) in [5.41, 5.74) is 2.92. The lowest BCUT2D eigenvalue weighted by Crippen LogP contribution is -2.61. The van der Waals surface area contributed by atoms with Crippen LogP contribution < -0.4 is 5.32 Å². The van der Waals surface area contributed by atoms with Crippen molar-refractivity contribution < 1.29 is 9.59 Å². The van der Waals surface area contributed by atoms with Gasteiger partial charge in [0.15, 0.2) is 0 Å². The molecule has 2 aliphatic rings. The molecular weight excluding hydrogens is 329 g/mol. The number of hydrogen-bond donors (Lipinski definition) is 2. The number of hydrogen-bond acceptors (Lipinski definition) is 2. The van der Waals surface area contributed by atoms with Gasteiger partial charge in [0.2, 0.25) is 11.8 Å². The number of nitrogens with one attached hydrogen (secondary N) is 2. The summed E-state index contributed by atoms with van der Waals surface area (Å²) in [4.78, 5) is 30.6. The summed E-state index contributed by atoms with van der Waals surface area (Å²) in [6.45, 7) is 8.87. The van der Waals surface area contributed by atoms with Crippen LogP contribution in [0.15, 0.2) is 36.9 Å². The maximum atomic E-state index is 12.9. The Labute approximate surface area is 153 Å². The first-order valence-corrected chi connectivity index (χ1v) is 9.27. The minimum atomic E-state index is -0.504. The first kappa shape index (κ1) is 16.9. The second kappa shape index (κ2) is 6.01. The molecule has 0 radical (unpaired) electrons. The van der Waals surface area contributed by atoms with E-state index in [1.807, 2.05) is 24.3 Å². The van der Waals surface area contributed by atoms with Gasteiger partial charge in [0.05, 0.1) is 0 Å². The molecule has 5 heteroatoms. The summed E-state index contributed by atoms with van der Waals surface area (Å²) in [7, 11) is 0. The number of aromatic amines is 1. The molecule has 5 nitrogen and oxygen atoms in total. The number of allylic oxidation sites excluding steroid dienone is 1. The molecule has 0 unspecified atom stereocenters.